The Labute approximate surface area is 127 Å². The molecule has 4 N–H and O–H groups in total. The molecule has 0 aliphatic heterocycles. The zero-order valence-electron chi connectivity index (χ0n) is 12.4. The number of hydrazone groups is 1. The molecule has 0 fully saturated rings. The van der Waals surface area contributed by atoms with Crippen molar-refractivity contribution in [3.8, 4) is 11.5 Å². The number of aryl methyl sites for hydroxylation is 2. The lowest BCUT2D eigenvalue weighted by molar-refractivity contribution is -0.121. The Hall–Kier alpha value is -2.83. The number of amides is 1. The van der Waals surface area contributed by atoms with Gasteiger partial charge in [-0.1, -0.05) is 0 Å². The van der Waals surface area contributed by atoms with Crippen molar-refractivity contribution in [2.45, 2.75) is 26.7 Å². The first-order chi connectivity index (χ1) is 10.5. The van der Waals surface area contributed by atoms with E-state index in [9.17, 15) is 15.0 Å². The van der Waals surface area contributed by atoms with Crippen molar-refractivity contribution in [1.82, 2.24) is 15.6 Å². The molecule has 22 heavy (non-hydrogen) atoms. The van der Waals surface area contributed by atoms with E-state index in [-0.39, 0.29) is 17.4 Å². The SMILES string of the molecule is Cc1n[nH]c(C)c1CCC(=O)N/N=C\c1ccc(O)cc1O. The van der Waals surface area contributed by atoms with Crippen LogP contribution in [0.4, 0.5) is 0 Å². The van der Waals surface area contributed by atoms with Crippen molar-refractivity contribution in [2.75, 3.05) is 0 Å². The Morgan fingerprint density at radius 3 is 2.82 bits per heavy atom. The predicted molar refractivity (Wildman–Crippen MR) is 81.9 cm³/mol. The molecule has 116 valence electrons. The fourth-order valence-corrected chi connectivity index (χ4v) is 2.05. The highest BCUT2D eigenvalue weighted by molar-refractivity contribution is 5.85. The first-order valence-electron chi connectivity index (χ1n) is 6.81. The highest BCUT2D eigenvalue weighted by Crippen LogP contribution is 2.20. The molecular weight excluding hydrogens is 284 g/mol. The van der Waals surface area contributed by atoms with Crippen LogP contribution in [0.25, 0.3) is 0 Å². The zero-order valence-corrected chi connectivity index (χ0v) is 12.4. The molecule has 0 saturated heterocycles. The number of carbonyl (C=O) groups excluding carboxylic acids is 1. The number of phenolic OH excluding ortho intramolecular Hbond substituents is 2. The van der Waals surface area contributed by atoms with Gasteiger partial charge in [-0.15, -0.1) is 0 Å². The third kappa shape index (κ3) is 3.85. The second kappa shape index (κ2) is 6.75. The van der Waals surface area contributed by atoms with Gasteiger partial charge < -0.3 is 10.2 Å². The predicted octanol–water partition coefficient (Wildman–Crippen LogP) is 1.52. The van der Waals surface area contributed by atoms with Gasteiger partial charge in [-0.25, -0.2) is 5.43 Å². The number of H-pyrrole nitrogens is 1. The smallest absolute Gasteiger partial charge is 0.240 e. The molecule has 0 aliphatic carbocycles. The van der Waals surface area contributed by atoms with E-state index < -0.39 is 0 Å². The van der Waals surface area contributed by atoms with E-state index in [1.54, 1.807) is 0 Å². The molecule has 2 rings (SSSR count). The number of aromatic amines is 1. The zero-order chi connectivity index (χ0) is 16.1. The van der Waals surface area contributed by atoms with Crippen LogP contribution in [0.3, 0.4) is 0 Å². The minimum absolute atomic E-state index is 0.0375. The average Bonchev–Trinajstić information content (AvgIpc) is 2.78. The number of carbonyl (C=O) groups is 1. The summed E-state index contributed by atoms with van der Waals surface area (Å²) in [6.45, 7) is 3.81. The maximum atomic E-state index is 11.7. The molecule has 0 bridgehead atoms. The number of aromatic nitrogens is 2. The molecule has 0 spiro atoms. The summed E-state index contributed by atoms with van der Waals surface area (Å²) in [5.41, 5.74) is 5.69. The summed E-state index contributed by atoms with van der Waals surface area (Å²) in [5.74, 6) is -0.373. The Morgan fingerprint density at radius 1 is 1.41 bits per heavy atom. The van der Waals surface area contributed by atoms with E-state index in [4.69, 9.17) is 0 Å². The average molecular weight is 302 g/mol. The Kier molecular flexibility index (Phi) is 4.77. The van der Waals surface area contributed by atoms with Crippen molar-refractivity contribution >= 4 is 12.1 Å². The van der Waals surface area contributed by atoms with Crippen LogP contribution in [0, 0.1) is 13.8 Å². The first-order valence-corrected chi connectivity index (χ1v) is 6.81. The largest absolute Gasteiger partial charge is 0.508 e. The summed E-state index contributed by atoms with van der Waals surface area (Å²) in [7, 11) is 0. The third-order valence-corrected chi connectivity index (χ3v) is 3.29. The van der Waals surface area contributed by atoms with Crippen LogP contribution in [0.5, 0.6) is 11.5 Å². The molecule has 0 atom stereocenters. The molecule has 0 unspecified atom stereocenters. The lowest BCUT2D eigenvalue weighted by atomic mass is 10.1. The molecule has 1 aromatic carbocycles. The van der Waals surface area contributed by atoms with Crippen LogP contribution < -0.4 is 5.43 Å². The van der Waals surface area contributed by atoms with Gasteiger partial charge in [-0.2, -0.15) is 10.2 Å². The molecule has 1 heterocycles. The second-order valence-corrected chi connectivity index (χ2v) is 4.95. The van der Waals surface area contributed by atoms with Gasteiger partial charge in [-0.3, -0.25) is 9.89 Å². The lowest BCUT2D eigenvalue weighted by Crippen LogP contribution is -2.18. The van der Waals surface area contributed by atoms with Gasteiger partial charge >= 0.3 is 0 Å². The summed E-state index contributed by atoms with van der Waals surface area (Å²) < 4.78 is 0. The van der Waals surface area contributed by atoms with Crippen LogP contribution in [0.2, 0.25) is 0 Å². The van der Waals surface area contributed by atoms with Gasteiger partial charge in [0.05, 0.1) is 11.9 Å². The number of aromatic hydroxyl groups is 2. The molecule has 1 aromatic heterocycles. The van der Waals surface area contributed by atoms with Gasteiger partial charge in [0.2, 0.25) is 5.91 Å². The molecule has 1 amide bonds. The summed E-state index contributed by atoms with van der Waals surface area (Å²) >= 11 is 0. The van der Waals surface area contributed by atoms with Gasteiger partial charge in [0.1, 0.15) is 11.5 Å². The van der Waals surface area contributed by atoms with Gasteiger partial charge in [0, 0.05) is 23.7 Å². The molecule has 7 heteroatoms. The molecule has 7 nitrogen and oxygen atoms in total. The molecule has 0 aliphatic rings. The summed E-state index contributed by atoms with van der Waals surface area (Å²) in [5, 5.41) is 29.5. The number of rotatable bonds is 5. The van der Waals surface area contributed by atoms with Crippen LogP contribution in [-0.4, -0.2) is 32.5 Å². The quantitative estimate of drug-likeness (QED) is 0.495. The van der Waals surface area contributed by atoms with E-state index in [1.807, 2.05) is 13.8 Å². The van der Waals surface area contributed by atoms with Crippen molar-refractivity contribution in [2.24, 2.45) is 5.10 Å². The maximum Gasteiger partial charge on any atom is 0.240 e. The first kappa shape index (κ1) is 15.6. The Morgan fingerprint density at radius 2 is 2.18 bits per heavy atom. The van der Waals surface area contributed by atoms with Crippen molar-refractivity contribution in [1.29, 1.82) is 0 Å². The van der Waals surface area contributed by atoms with Gasteiger partial charge in [0.25, 0.3) is 0 Å². The minimum atomic E-state index is -0.227. The molecule has 0 saturated carbocycles. The fourth-order valence-electron chi connectivity index (χ4n) is 2.05. The number of benzene rings is 1. The third-order valence-electron chi connectivity index (χ3n) is 3.29. The number of hydrogen-bond acceptors (Lipinski definition) is 5. The molecular formula is C15H18N4O3. The van der Waals surface area contributed by atoms with Gasteiger partial charge in [-0.05, 0) is 38.0 Å². The minimum Gasteiger partial charge on any atom is -0.508 e. The van der Waals surface area contributed by atoms with E-state index in [1.165, 1.54) is 24.4 Å². The van der Waals surface area contributed by atoms with Crippen molar-refractivity contribution in [3.05, 3.63) is 40.7 Å². The van der Waals surface area contributed by atoms with E-state index in [0.717, 1.165) is 17.0 Å². The van der Waals surface area contributed by atoms with E-state index in [2.05, 4.69) is 20.7 Å². The van der Waals surface area contributed by atoms with E-state index >= 15 is 0 Å². The van der Waals surface area contributed by atoms with Crippen molar-refractivity contribution < 1.29 is 15.0 Å². The summed E-state index contributed by atoms with van der Waals surface area (Å²) in [6.07, 6.45) is 2.20. The van der Waals surface area contributed by atoms with E-state index in [0.29, 0.717) is 18.4 Å². The maximum absolute atomic E-state index is 11.7. The van der Waals surface area contributed by atoms with Crippen molar-refractivity contribution in [3.63, 3.8) is 0 Å². The topological polar surface area (TPSA) is 111 Å². The van der Waals surface area contributed by atoms with Crippen LogP contribution in [0.15, 0.2) is 23.3 Å². The summed E-state index contributed by atoms with van der Waals surface area (Å²) in [4.78, 5) is 11.7. The standard InChI is InChI=1S/C15H18N4O3/c1-9-13(10(2)18-17-9)5-6-15(22)19-16-8-11-3-4-12(20)7-14(11)21/h3-4,7-8,20-21H,5-6H2,1-2H3,(H,17,18)(H,19,22)/b16-8-. The van der Waals surface area contributed by atoms with Crippen LogP contribution >= 0.6 is 0 Å². The van der Waals surface area contributed by atoms with Gasteiger partial charge in [0.15, 0.2) is 0 Å². The Balaban J connectivity index is 1.86. The van der Waals surface area contributed by atoms with Crippen LogP contribution in [-0.2, 0) is 11.2 Å². The lowest BCUT2D eigenvalue weighted by Gasteiger charge is -2.02. The molecule has 2 aromatic rings. The molecule has 0 radical (unpaired) electrons. The number of hydrogen-bond donors (Lipinski definition) is 4. The van der Waals surface area contributed by atoms with Crippen LogP contribution in [0.1, 0.15) is 28.9 Å². The second-order valence-electron chi connectivity index (χ2n) is 4.95. The normalized spacial score (nSPS) is 11.0. The number of nitrogens with zero attached hydrogens (tertiary/aromatic N) is 2. The number of nitrogens with one attached hydrogen (secondary N) is 2. The Bertz CT molecular complexity index is 687. The monoisotopic (exact) mass is 302 g/mol. The number of phenols is 2. The highest BCUT2D eigenvalue weighted by atomic mass is 16.3. The fraction of sp³-hybridized carbons (Fsp3) is 0.267. The summed E-state index contributed by atoms with van der Waals surface area (Å²) in [6, 6.07) is 4.12. The highest BCUT2D eigenvalue weighted by Gasteiger charge is 2.08.